The van der Waals surface area contributed by atoms with Crippen LogP contribution in [0.1, 0.15) is 6.92 Å². The molecule has 0 atom stereocenters. The molecule has 0 heterocycles. The van der Waals surface area contributed by atoms with E-state index in [4.69, 9.17) is 12.2 Å². The van der Waals surface area contributed by atoms with Crippen molar-refractivity contribution >= 4 is 23.0 Å². The molecule has 2 nitrogen and oxygen atoms in total. The molecular weight excluding hydrogens is 225 g/mol. The number of benzene rings is 1. The molecule has 0 radical (unpaired) electrons. The molecule has 0 aromatic heterocycles. The average molecular weight is 234 g/mol. The first-order chi connectivity index (χ1) is 7.04. The summed E-state index contributed by atoms with van der Waals surface area (Å²) < 4.78 is 38.6. The minimum absolute atomic E-state index is 0.112. The van der Waals surface area contributed by atoms with Crippen LogP contribution in [0.25, 0.3) is 0 Å². The van der Waals surface area contributed by atoms with Crippen LogP contribution in [0.5, 0.6) is 0 Å². The molecule has 1 aromatic carbocycles. The zero-order valence-corrected chi connectivity index (χ0v) is 8.72. The Balaban J connectivity index is 2.89. The summed E-state index contributed by atoms with van der Waals surface area (Å²) in [4.78, 5) is 0. The van der Waals surface area contributed by atoms with Crippen molar-refractivity contribution < 1.29 is 13.2 Å². The Bertz CT molecular complexity index is 382. The minimum Gasteiger partial charge on any atom is -0.363 e. The highest BCUT2D eigenvalue weighted by molar-refractivity contribution is 7.80. The van der Waals surface area contributed by atoms with Crippen molar-refractivity contribution in [3.63, 3.8) is 0 Å². The smallest absolute Gasteiger partial charge is 0.182 e. The van der Waals surface area contributed by atoms with Gasteiger partial charge in [-0.3, -0.25) is 0 Å². The Morgan fingerprint density at radius 1 is 1.33 bits per heavy atom. The molecular formula is C9H9F3N2S. The lowest BCUT2D eigenvalue weighted by molar-refractivity contribution is 0.498. The van der Waals surface area contributed by atoms with E-state index in [9.17, 15) is 13.2 Å². The maximum Gasteiger partial charge on any atom is 0.182 e. The highest BCUT2D eigenvalue weighted by Gasteiger charge is 2.11. The summed E-state index contributed by atoms with van der Waals surface area (Å²) in [5.41, 5.74) is -0.321. The van der Waals surface area contributed by atoms with Crippen LogP contribution in [0, 0.1) is 17.5 Å². The quantitative estimate of drug-likeness (QED) is 0.607. The number of anilines is 1. The van der Waals surface area contributed by atoms with Gasteiger partial charge in [0.25, 0.3) is 0 Å². The van der Waals surface area contributed by atoms with Gasteiger partial charge in [0.15, 0.2) is 16.7 Å². The predicted molar refractivity (Wildman–Crippen MR) is 56.2 cm³/mol. The lowest BCUT2D eigenvalue weighted by Gasteiger charge is -2.09. The molecule has 0 saturated heterocycles. The van der Waals surface area contributed by atoms with Gasteiger partial charge in [0.2, 0.25) is 0 Å². The van der Waals surface area contributed by atoms with Crippen LogP contribution >= 0.6 is 12.2 Å². The first-order valence-electron chi connectivity index (χ1n) is 4.24. The van der Waals surface area contributed by atoms with Crippen LogP contribution in [-0.4, -0.2) is 11.7 Å². The Morgan fingerprint density at radius 2 is 2.00 bits per heavy atom. The summed E-state index contributed by atoms with van der Waals surface area (Å²) in [6.07, 6.45) is 0. The van der Waals surface area contributed by atoms with Crippen molar-refractivity contribution in [2.75, 3.05) is 11.9 Å². The Labute approximate surface area is 90.5 Å². The van der Waals surface area contributed by atoms with Crippen LogP contribution in [-0.2, 0) is 0 Å². The van der Waals surface area contributed by atoms with Gasteiger partial charge in [-0.2, -0.15) is 0 Å². The zero-order valence-electron chi connectivity index (χ0n) is 7.90. The summed E-state index contributed by atoms with van der Waals surface area (Å²) in [5, 5.41) is 5.14. The second-order valence-electron chi connectivity index (χ2n) is 2.73. The number of nitrogens with one attached hydrogen (secondary N) is 2. The van der Waals surface area contributed by atoms with E-state index in [1.54, 1.807) is 6.92 Å². The first kappa shape index (κ1) is 11.8. The topological polar surface area (TPSA) is 24.1 Å². The van der Waals surface area contributed by atoms with Gasteiger partial charge < -0.3 is 10.6 Å². The molecule has 0 aliphatic carbocycles. The van der Waals surface area contributed by atoms with E-state index in [1.807, 2.05) is 0 Å². The Hall–Kier alpha value is -1.30. The molecule has 0 aliphatic heterocycles. The summed E-state index contributed by atoms with van der Waals surface area (Å²) in [6, 6.07) is 1.30. The largest absolute Gasteiger partial charge is 0.363 e. The summed E-state index contributed by atoms with van der Waals surface area (Å²) in [7, 11) is 0. The first-order valence-corrected chi connectivity index (χ1v) is 4.64. The minimum atomic E-state index is -1.25. The van der Waals surface area contributed by atoms with E-state index in [2.05, 4.69) is 10.6 Å². The van der Waals surface area contributed by atoms with E-state index in [0.717, 1.165) is 6.07 Å². The third-order valence-electron chi connectivity index (χ3n) is 1.58. The molecule has 0 saturated carbocycles. The molecule has 82 valence electrons. The maximum absolute atomic E-state index is 13.1. The van der Waals surface area contributed by atoms with E-state index < -0.39 is 17.5 Å². The second-order valence-corrected chi connectivity index (χ2v) is 3.14. The molecule has 0 bridgehead atoms. The molecule has 0 unspecified atom stereocenters. The molecule has 0 aliphatic rings. The number of hydrogen-bond acceptors (Lipinski definition) is 1. The van der Waals surface area contributed by atoms with Gasteiger partial charge in [-0.1, -0.05) is 0 Å². The van der Waals surface area contributed by atoms with Gasteiger partial charge in [-0.15, -0.1) is 0 Å². The molecule has 0 amide bonds. The lowest BCUT2D eigenvalue weighted by atomic mass is 10.3. The number of halogens is 3. The monoisotopic (exact) mass is 234 g/mol. The SMILES string of the molecule is CCNC(=S)Nc1cc(F)cc(F)c1F. The van der Waals surface area contributed by atoms with Crippen molar-refractivity contribution in [3.8, 4) is 0 Å². The Kier molecular flexibility index (Phi) is 3.90. The fourth-order valence-corrected chi connectivity index (χ4v) is 1.23. The van der Waals surface area contributed by atoms with Gasteiger partial charge in [-0.05, 0) is 19.1 Å². The highest BCUT2D eigenvalue weighted by Crippen LogP contribution is 2.18. The lowest BCUT2D eigenvalue weighted by Crippen LogP contribution is -2.28. The standard InChI is InChI=1S/C9H9F3N2S/c1-2-13-9(15)14-7-4-5(10)3-6(11)8(7)12/h3-4H,2H2,1H3,(H2,13,14,15). The third kappa shape index (κ3) is 3.09. The van der Waals surface area contributed by atoms with Crippen molar-refractivity contribution in [3.05, 3.63) is 29.6 Å². The fourth-order valence-electron chi connectivity index (χ4n) is 0.974. The maximum atomic E-state index is 13.1. The molecule has 0 fully saturated rings. The molecule has 2 N–H and O–H groups in total. The summed E-state index contributed by atoms with van der Waals surface area (Å²) in [6.45, 7) is 2.32. The number of hydrogen-bond donors (Lipinski definition) is 2. The van der Waals surface area contributed by atoms with E-state index in [0.29, 0.717) is 12.6 Å². The van der Waals surface area contributed by atoms with E-state index in [1.165, 1.54) is 0 Å². The zero-order chi connectivity index (χ0) is 11.4. The van der Waals surface area contributed by atoms with E-state index in [-0.39, 0.29) is 10.8 Å². The normalized spacial score (nSPS) is 9.87. The predicted octanol–water partition coefficient (Wildman–Crippen LogP) is 2.41. The van der Waals surface area contributed by atoms with Crippen molar-refractivity contribution in [1.82, 2.24) is 5.32 Å². The van der Waals surface area contributed by atoms with E-state index >= 15 is 0 Å². The molecule has 15 heavy (non-hydrogen) atoms. The third-order valence-corrected chi connectivity index (χ3v) is 1.82. The molecule has 1 rings (SSSR count). The highest BCUT2D eigenvalue weighted by atomic mass is 32.1. The van der Waals surface area contributed by atoms with Gasteiger partial charge in [0.1, 0.15) is 5.82 Å². The molecule has 1 aromatic rings. The van der Waals surface area contributed by atoms with Crippen LogP contribution in [0.3, 0.4) is 0 Å². The van der Waals surface area contributed by atoms with Crippen molar-refractivity contribution in [2.24, 2.45) is 0 Å². The Morgan fingerprint density at radius 3 is 2.60 bits per heavy atom. The van der Waals surface area contributed by atoms with Crippen LogP contribution in [0.2, 0.25) is 0 Å². The number of rotatable bonds is 2. The summed E-state index contributed by atoms with van der Waals surface area (Å²) in [5.74, 6) is -3.27. The average Bonchev–Trinajstić information content (AvgIpc) is 2.13. The van der Waals surface area contributed by atoms with Gasteiger partial charge in [0, 0.05) is 18.7 Å². The summed E-state index contributed by atoms with van der Waals surface area (Å²) >= 11 is 4.75. The van der Waals surface area contributed by atoms with Crippen molar-refractivity contribution in [1.29, 1.82) is 0 Å². The number of thiocarbonyl (C=S) groups is 1. The molecule has 0 spiro atoms. The van der Waals surface area contributed by atoms with Crippen LogP contribution in [0.4, 0.5) is 18.9 Å². The van der Waals surface area contributed by atoms with Gasteiger partial charge in [-0.25, -0.2) is 13.2 Å². The van der Waals surface area contributed by atoms with Gasteiger partial charge in [0.05, 0.1) is 5.69 Å². The fraction of sp³-hybridized carbons (Fsp3) is 0.222. The van der Waals surface area contributed by atoms with Gasteiger partial charge >= 0.3 is 0 Å². The van der Waals surface area contributed by atoms with Crippen LogP contribution < -0.4 is 10.6 Å². The van der Waals surface area contributed by atoms with Crippen LogP contribution in [0.15, 0.2) is 12.1 Å². The van der Waals surface area contributed by atoms with Crippen molar-refractivity contribution in [2.45, 2.75) is 6.92 Å². The molecule has 6 heteroatoms. The second kappa shape index (κ2) is 4.97.